The van der Waals surface area contributed by atoms with E-state index in [9.17, 15) is 28.8 Å². The zero-order valence-electron chi connectivity index (χ0n) is 46.0. The van der Waals surface area contributed by atoms with E-state index >= 15 is 0 Å². The number of amides is 5. The Morgan fingerprint density at radius 2 is 0.611 bits per heavy atom. The van der Waals surface area contributed by atoms with Gasteiger partial charge in [0.15, 0.2) is 0 Å². The molecule has 0 unspecified atom stereocenters. The van der Waals surface area contributed by atoms with Crippen molar-refractivity contribution in [1.29, 1.82) is 0 Å². The molecule has 0 aliphatic heterocycles. The molecule has 5 amide bonds. The topological polar surface area (TPSA) is 226 Å². The summed E-state index contributed by atoms with van der Waals surface area (Å²) in [7, 11) is 0. The van der Waals surface area contributed by atoms with Gasteiger partial charge < -0.3 is 51.3 Å². The number of carbonyl (C=O) groups is 6. The van der Waals surface area contributed by atoms with Gasteiger partial charge in [-0.25, -0.2) is 0 Å². The smallest absolute Gasteiger partial charge is 0.237 e. The van der Waals surface area contributed by atoms with E-state index in [0.29, 0.717) is 77.5 Å². The van der Waals surface area contributed by atoms with Crippen LogP contribution in [-0.2, 0) is 47.7 Å². The Balaban J connectivity index is 3.53. The van der Waals surface area contributed by atoms with E-state index in [1.54, 1.807) is 0 Å². The lowest BCUT2D eigenvalue weighted by Gasteiger charge is -2.12. The summed E-state index contributed by atoms with van der Waals surface area (Å²) in [5, 5.41) is 13.8. The van der Waals surface area contributed by atoms with Gasteiger partial charge in [0, 0.05) is 77.9 Å². The highest BCUT2D eigenvalue weighted by molar-refractivity contribution is 5.83. The van der Waals surface area contributed by atoms with E-state index in [4.69, 9.17) is 24.7 Å². The standard InChI is InChI=1S/C56H108N6O10/c1-3-5-7-9-11-13-15-17-19-21-23-25-27-30-50(63)31-29-42-69-45-37-60-54(66)35-43-70-46-38-59-53(65)34-33-51(57)56(68)62-41-49-71-44-36-55(67)61-40-48-72-47-39-58-52(64)32-28-26-24-22-20-18-16-14-12-10-8-6-4-2/h51H,3-49,57H2,1-2H3,(H,58,64)(H,59,65)(H,60,66)(H,61,67)(H,62,68)/t51-/m0/s1. The molecule has 0 aliphatic carbocycles. The number of Topliss-reactive ketones (excluding diaryl/α,β-unsaturated/α-hetero) is 1. The van der Waals surface area contributed by atoms with Crippen LogP contribution in [0.1, 0.15) is 232 Å². The molecule has 0 saturated carbocycles. The van der Waals surface area contributed by atoms with Crippen molar-refractivity contribution in [2.75, 3.05) is 85.6 Å². The Morgan fingerprint density at radius 1 is 0.319 bits per heavy atom. The number of rotatable bonds is 57. The Hall–Kier alpha value is -3.18. The highest BCUT2D eigenvalue weighted by atomic mass is 16.5. The molecule has 0 aliphatic rings. The third-order valence-electron chi connectivity index (χ3n) is 12.6. The number of nitrogens with one attached hydrogen (secondary N) is 5. The van der Waals surface area contributed by atoms with E-state index < -0.39 is 11.9 Å². The maximum Gasteiger partial charge on any atom is 0.237 e. The molecule has 0 aromatic carbocycles. The third-order valence-corrected chi connectivity index (χ3v) is 12.6. The van der Waals surface area contributed by atoms with Gasteiger partial charge in [-0.05, 0) is 25.7 Å². The Kier molecular flexibility index (Phi) is 53.1. The number of ketones is 1. The normalized spacial score (nSPS) is 11.6. The lowest BCUT2D eigenvalue weighted by Crippen LogP contribution is -2.42. The van der Waals surface area contributed by atoms with Crippen LogP contribution in [0.3, 0.4) is 0 Å². The summed E-state index contributed by atoms with van der Waals surface area (Å²) in [4.78, 5) is 72.9. The van der Waals surface area contributed by atoms with Crippen molar-refractivity contribution in [3.8, 4) is 0 Å². The lowest BCUT2D eigenvalue weighted by molar-refractivity contribution is -0.125. The van der Waals surface area contributed by atoms with Crippen LogP contribution >= 0.6 is 0 Å². The summed E-state index contributed by atoms with van der Waals surface area (Å²) in [6.07, 6.45) is 36.5. The highest BCUT2D eigenvalue weighted by Gasteiger charge is 2.15. The predicted molar refractivity (Wildman–Crippen MR) is 290 cm³/mol. The molecule has 0 spiro atoms. The maximum atomic E-state index is 12.3. The molecular formula is C56H108N6O10. The molecule has 16 nitrogen and oxygen atoms in total. The van der Waals surface area contributed by atoms with E-state index in [1.165, 1.54) is 141 Å². The molecule has 16 heteroatoms. The van der Waals surface area contributed by atoms with Crippen LogP contribution in [0.2, 0.25) is 0 Å². The second-order valence-corrected chi connectivity index (χ2v) is 19.4. The molecule has 0 aromatic rings. The van der Waals surface area contributed by atoms with Crippen molar-refractivity contribution in [2.45, 2.75) is 238 Å². The number of unbranched alkanes of at least 4 members (excludes halogenated alkanes) is 24. The molecule has 0 radical (unpaired) electrons. The summed E-state index contributed by atoms with van der Waals surface area (Å²) >= 11 is 0. The molecule has 0 bridgehead atoms. The molecule has 0 fully saturated rings. The van der Waals surface area contributed by atoms with Crippen molar-refractivity contribution in [3.05, 3.63) is 0 Å². The van der Waals surface area contributed by atoms with Gasteiger partial charge in [0.25, 0.3) is 0 Å². The monoisotopic (exact) mass is 1020 g/mol. The molecular weight excluding hydrogens is 917 g/mol. The van der Waals surface area contributed by atoms with Gasteiger partial charge in [-0.2, -0.15) is 0 Å². The van der Waals surface area contributed by atoms with Crippen molar-refractivity contribution in [2.24, 2.45) is 5.73 Å². The largest absolute Gasteiger partial charge is 0.380 e. The summed E-state index contributed by atoms with van der Waals surface area (Å²) in [6.45, 7) is 8.65. The van der Waals surface area contributed by atoms with Gasteiger partial charge in [-0.3, -0.25) is 28.8 Å². The van der Waals surface area contributed by atoms with Crippen LogP contribution < -0.4 is 32.3 Å². The van der Waals surface area contributed by atoms with Crippen LogP contribution in [-0.4, -0.2) is 127 Å². The highest BCUT2D eigenvalue weighted by Crippen LogP contribution is 2.15. The van der Waals surface area contributed by atoms with Crippen molar-refractivity contribution >= 4 is 35.3 Å². The number of carbonyl (C=O) groups excluding carboxylic acids is 6. The number of nitrogens with two attached hydrogens (primary N) is 1. The van der Waals surface area contributed by atoms with Gasteiger partial charge in [0.1, 0.15) is 5.78 Å². The van der Waals surface area contributed by atoms with Crippen LogP contribution in [0, 0.1) is 0 Å². The number of hydrogen-bond acceptors (Lipinski definition) is 11. The number of hydrogen-bond donors (Lipinski definition) is 6. The average molecular weight is 1030 g/mol. The van der Waals surface area contributed by atoms with Crippen molar-refractivity contribution < 1.29 is 47.7 Å². The van der Waals surface area contributed by atoms with Gasteiger partial charge >= 0.3 is 0 Å². The summed E-state index contributed by atoms with van der Waals surface area (Å²) in [5.41, 5.74) is 5.95. The quantitative estimate of drug-likeness (QED) is 0.0316. The first kappa shape index (κ1) is 68.8. The van der Waals surface area contributed by atoms with Crippen molar-refractivity contribution in [1.82, 2.24) is 26.6 Å². The third kappa shape index (κ3) is 53.1. The minimum absolute atomic E-state index is 0.0548. The lowest BCUT2D eigenvalue weighted by atomic mass is 10.0. The van der Waals surface area contributed by atoms with E-state index in [1.807, 2.05) is 0 Å². The predicted octanol–water partition coefficient (Wildman–Crippen LogP) is 8.83. The maximum absolute atomic E-state index is 12.3. The van der Waals surface area contributed by atoms with Gasteiger partial charge in [0.2, 0.25) is 29.5 Å². The van der Waals surface area contributed by atoms with E-state index in [2.05, 4.69) is 40.4 Å². The molecule has 0 rings (SSSR count). The second kappa shape index (κ2) is 55.6. The molecule has 7 N–H and O–H groups in total. The Labute approximate surface area is 437 Å². The van der Waals surface area contributed by atoms with Crippen LogP contribution in [0.15, 0.2) is 0 Å². The van der Waals surface area contributed by atoms with E-state index in [-0.39, 0.29) is 88.8 Å². The molecule has 1 atom stereocenters. The van der Waals surface area contributed by atoms with E-state index in [0.717, 1.165) is 25.7 Å². The zero-order valence-corrected chi connectivity index (χ0v) is 46.0. The average Bonchev–Trinajstić information content (AvgIpc) is 3.37. The summed E-state index contributed by atoms with van der Waals surface area (Å²) in [5.74, 6) is -0.619. The second-order valence-electron chi connectivity index (χ2n) is 19.4. The minimum atomic E-state index is -0.859. The molecule has 72 heavy (non-hydrogen) atoms. The van der Waals surface area contributed by atoms with Crippen LogP contribution in [0.25, 0.3) is 0 Å². The Bertz CT molecular complexity index is 1290. The molecule has 0 saturated heterocycles. The molecule has 422 valence electrons. The SMILES string of the molecule is CCCCCCCCCCCCCCCC(=O)CCCOCCNC(=O)CCOCCNC(=O)CC[C@H](N)C(=O)NCCOCCC(=O)NCCOCCNC(=O)CCCCCCCCCCCCCCC. The summed E-state index contributed by atoms with van der Waals surface area (Å²) < 4.78 is 22.0. The van der Waals surface area contributed by atoms with Crippen LogP contribution in [0.4, 0.5) is 0 Å². The fourth-order valence-electron chi connectivity index (χ4n) is 8.08. The first-order valence-corrected chi connectivity index (χ1v) is 29.1. The van der Waals surface area contributed by atoms with Gasteiger partial charge in [-0.15, -0.1) is 0 Å². The van der Waals surface area contributed by atoms with Gasteiger partial charge in [0.05, 0.1) is 52.3 Å². The Morgan fingerprint density at radius 3 is 1.01 bits per heavy atom. The first-order chi connectivity index (χ1) is 35.2. The first-order valence-electron chi connectivity index (χ1n) is 29.1. The van der Waals surface area contributed by atoms with Crippen molar-refractivity contribution in [3.63, 3.8) is 0 Å². The molecule has 0 aromatic heterocycles. The fourth-order valence-corrected chi connectivity index (χ4v) is 8.08. The fraction of sp³-hybridized carbons (Fsp3) is 0.893. The van der Waals surface area contributed by atoms with Crippen LogP contribution in [0.5, 0.6) is 0 Å². The summed E-state index contributed by atoms with van der Waals surface area (Å²) in [6, 6.07) is -0.859. The zero-order chi connectivity index (χ0) is 52.6. The van der Waals surface area contributed by atoms with Gasteiger partial charge in [-0.1, -0.05) is 168 Å². The minimum Gasteiger partial charge on any atom is -0.380 e. The molecule has 0 heterocycles. The number of ether oxygens (including phenoxy) is 4.